The molecule has 0 spiro atoms. The highest BCUT2D eigenvalue weighted by molar-refractivity contribution is 9.11. The van der Waals surface area contributed by atoms with Crippen molar-refractivity contribution in [2.75, 3.05) is 0 Å². The van der Waals surface area contributed by atoms with E-state index in [4.69, 9.17) is 0 Å². The predicted octanol–water partition coefficient (Wildman–Crippen LogP) is 3.53. The molecule has 0 unspecified atom stereocenters. The highest BCUT2D eigenvalue weighted by atomic mass is 79.9. The topological polar surface area (TPSA) is 39.1 Å². The van der Waals surface area contributed by atoms with Crippen molar-refractivity contribution in [1.29, 1.82) is 0 Å². The fourth-order valence-corrected chi connectivity index (χ4v) is 2.94. The lowest BCUT2D eigenvalue weighted by Gasteiger charge is -2.08. The number of benzene rings is 1. The van der Waals surface area contributed by atoms with Crippen LogP contribution in [0.5, 0.6) is 0 Å². The zero-order chi connectivity index (χ0) is 14.9. The molecule has 0 amide bonds. The molecule has 0 fully saturated rings. The second-order valence-corrected chi connectivity index (χ2v) is 5.73. The molecule has 1 aromatic carbocycles. The van der Waals surface area contributed by atoms with Crippen LogP contribution in [0, 0.1) is 11.6 Å². The molecule has 0 radical (unpaired) electrons. The molecule has 104 valence electrons. The lowest BCUT2D eigenvalue weighted by molar-refractivity contribution is 0.0962. The SMILES string of the molecule is O=C(Cn1cc(Br)cc(Br)c1=O)c1c(F)cccc1F. The van der Waals surface area contributed by atoms with Crippen LogP contribution in [0.2, 0.25) is 0 Å². The molecular weight excluding hydrogens is 400 g/mol. The van der Waals surface area contributed by atoms with Crippen LogP contribution in [-0.2, 0) is 6.54 Å². The Hall–Kier alpha value is -1.34. The maximum atomic E-state index is 13.5. The summed E-state index contributed by atoms with van der Waals surface area (Å²) in [6.07, 6.45) is 1.38. The van der Waals surface area contributed by atoms with E-state index < -0.39 is 35.1 Å². The van der Waals surface area contributed by atoms with Crippen LogP contribution in [0.15, 0.2) is 44.2 Å². The minimum Gasteiger partial charge on any atom is -0.306 e. The Bertz CT molecular complexity index is 723. The minimum atomic E-state index is -0.947. The van der Waals surface area contributed by atoms with Gasteiger partial charge in [-0.2, -0.15) is 0 Å². The van der Waals surface area contributed by atoms with Crippen LogP contribution in [-0.4, -0.2) is 10.4 Å². The number of carbonyl (C=O) groups is 1. The summed E-state index contributed by atoms with van der Waals surface area (Å²) >= 11 is 6.22. The van der Waals surface area contributed by atoms with Crippen molar-refractivity contribution in [3.63, 3.8) is 0 Å². The van der Waals surface area contributed by atoms with Crippen LogP contribution >= 0.6 is 31.9 Å². The monoisotopic (exact) mass is 405 g/mol. The fraction of sp³-hybridized carbons (Fsp3) is 0.0769. The van der Waals surface area contributed by atoms with Crippen LogP contribution in [0.3, 0.4) is 0 Å². The number of Topliss-reactive ketones (excluding diaryl/α,β-unsaturated/α-hetero) is 1. The van der Waals surface area contributed by atoms with Gasteiger partial charge in [0.05, 0.1) is 16.6 Å². The smallest absolute Gasteiger partial charge is 0.265 e. The van der Waals surface area contributed by atoms with E-state index >= 15 is 0 Å². The number of aromatic nitrogens is 1. The summed E-state index contributed by atoms with van der Waals surface area (Å²) in [4.78, 5) is 23.8. The quantitative estimate of drug-likeness (QED) is 0.731. The van der Waals surface area contributed by atoms with Gasteiger partial charge in [-0.15, -0.1) is 0 Å². The lowest BCUT2D eigenvalue weighted by Crippen LogP contribution is -2.25. The Morgan fingerprint density at radius 3 is 2.40 bits per heavy atom. The third kappa shape index (κ3) is 3.04. The van der Waals surface area contributed by atoms with Gasteiger partial charge in [0.2, 0.25) is 0 Å². The summed E-state index contributed by atoms with van der Waals surface area (Å²) < 4.78 is 28.9. The van der Waals surface area contributed by atoms with Crippen LogP contribution in [0.4, 0.5) is 8.78 Å². The Labute approximate surface area is 129 Å². The molecule has 2 aromatic rings. The van der Waals surface area contributed by atoms with Gasteiger partial charge in [0.1, 0.15) is 11.6 Å². The van der Waals surface area contributed by atoms with Crippen molar-refractivity contribution < 1.29 is 13.6 Å². The maximum Gasteiger partial charge on any atom is 0.265 e. The van der Waals surface area contributed by atoms with Gasteiger partial charge >= 0.3 is 0 Å². The molecule has 0 saturated heterocycles. The van der Waals surface area contributed by atoms with E-state index in [0.717, 1.165) is 16.7 Å². The standard InChI is InChI=1S/C13H7Br2F2NO2/c14-7-4-8(15)13(20)18(5-7)6-11(19)12-9(16)2-1-3-10(12)17/h1-5H,6H2. The van der Waals surface area contributed by atoms with Gasteiger partial charge in [-0.3, -0.25) is 9.59 Å². The van der Waals surface area contributed by atoms with E-state index in [0.29, 0.717) is 4.47 Å². The summed E-state index contributed by atoms with van der Waals surface area (Å²) in [7, 11) is 0. The van der Waals surface area contributed by atoms with Crippen LogP contribution in [0.25, 0.3) is 0 Å². The minimum absolute atomic E-state index is 0.244. The number of rotatable bonds is 3. The van der Waals surface area contributed by atoms with Gasteiger partial charge < -0.3 is 4.57 Å². The predicted molar refractivity (Wildman–Crippen MR) is 76.8 cm³/mol. The molecular formula is C13H7Br2F2NO2. The number of carbonyl (C=O) groups excluding carboxylic acids is 1. The first kappa shape index (κ1) is 15.1. The van der Waals surface area contributed by atoms with E-state index in [9.17, 15) is 18.4 Å². The first-order valence-corrected chi connectivity index (χ1v) is 7.01. The Balaban J connectivity index is 2.41. The van der Waals surface area contributed by atoms with E-state index in [1.165, 1.54) is 18.3 Å². The van der Waals surface area contributed by atoms with Crippen molar-refractivity contribution in [1.82, 2.24) is 4.57 Å². The molecule has 1 aromatic heterocycles. The van der Waals surface area contributed by atoms with Gasteiger partial charge in [0.25, 0.3) is 5.56 Å². The molecule has 7 heteroatoms. The number of pyridine rings is 1. The summed E-state index contributed by atoms with van der Waals surface area (Å²) in [5, 5.41) is 0. The molecule has 0 aliphatic carbocycles. The average molecular weight is 407 g/mol. The highest BCUT2D eigenvalue weighted by Crippen LogP contribution is 2.16. The zero-order valence-electron chi connectivity index (χ0n) is 9.87. The first-order valence-electron chi connectivity index (χ1n) is 5.43. The van der Waals surface area contributed by atoms with E-state index in [-0.39, 0.29) is 4.47 Å². The molecule has 0 bridgehead atoms. The van der Waals surface area contributed by atoms with E-state index in [1.807, 2.05) is 0 Å². The third-order valence-electron chi connectivity index (χ3n) is 2.56. The fourth-order valence-electron chi connectivity index (χ4n) is 1.68. The summed E-state index contributed by atoms with van der Waals surface area (Å²) in [6, 6.07) is 4.68. The molecule has 0 aliphatic heterocycles. The van der Waals surface area contributed by atoms with Gasteiger partial charge in [-0.25, -0.2) is 8.78 Å². The van der Waals surface area contributed by atoms with Gasteiger partial charge in [0, 0.05) is 10.7 Å². The number of hydrogen-bond donors (Lipinski definition) is 0. The van der Waals surface area contributed by atoms with Crippen molar-refractivity contribution in [2.24, 2.45) is 0 Å². The van der Waals surface area contributed by atoms with Gasteiger partial charge in [-0.1, -0.05) is 6.07 Å². The molecule has 1 heterocycles. The summed E-state index contributed by atoms with van der Waals surface area (Å²) in [5.74, 6) is -2.71. The van der Waals surface area contributed by atoms with Gasteiger partial charge in [-0.05, 0) is 50.1 Å². The molecule has 0 atom stereocenters. The number of nitrogens with zero attached hydrogens (tertiary/aromatic N) is 1. The number of halogens is 4. The number of ketones is 1. The molecule has 20 heavy (non-hydrogen) atoms. The Morgan fingerprint density at radius 2 is 1.80 bits per heavy atom. The molecule has 2 rings (SSSR count). The van der Waals surface area contributed by atoms with Crippen molar-refractivity contribution in [2.45, 2.75) is 6.54 Å². The second-order valence-electron chi connectivity index (χ2n) is 3.96. The van der Waals surface area contributed by atoms with Crippen LogP contribution in [0.1, 0.15) is 10.4 Å². The highest BCUT2D eigenvalue weighted by Gasteiger charge is 2.18. The lowest BCUT2D eigenvalue weighted by atomic mass is 10.1. The summed E-state index contributed by atoms with van der Waals surface area (Å²) in [6.45, 7) is -0.450. The average Bonchev–Trinajstić information content (AvgIpc) is 2.35. The number of hydrogen-bond acceptors (Lipinski definition) is 2. The zero-order valence-corrected chi connectivity index (χ0v) is 13.0. The molecule has 0 saturated carbocycles. The molecule has 0 aliphatic rings. The van der Waals surface area contributed by atoms with Crippen molar-refractivity contribution in [3.8, 4) is 0 Å². The Morgan fingerprint density at radius 1 is 1.20 bits per heavy atom. The van der Waals surface area contributed by atoms with Gasteiger partial charge in [0.15, 0.2) is 5.78 Å². The molecule has 0 N–H and O–H groups in total. The largest absolute Gasteiger partial charge is 0.306 e. The van der Waals surface area contributed by atoms with Crippen LogP contribution < -0.4 is 5.56 Å². The van der Waals surface area contributed by atoms with Crippen molar-refractivity contribution >= 4 is 37.6 Å². The van der Waals surface area contributed by atoms with Crippen molar-refractivity contribution in [3.05, 3.63) is 67.0 Å². The summed E-state index contributed by atoms with van der Waals surface area (Å²) in [5.41, 5.74) is -1.10. The first-order chi connectivity index (χ1) is 9.40. The third-order valence-corrected chi connectivity index (χ3v) is 3.57. The van der Waals surface area contributed by atoms with E-state index in [1.54, 1.807) is 0 Å². The normalized spacial score (nSPS) is 10.6. The molecule has 3 nitrogen and oxygen atoms in total. The second kappa shape index (κ2) is 5.97. The Kier molecular flexibility index (Phi) is 4.49. The maximum absolute atomic E-state index is 13.5. The van der Waals surface area contributed by atoms with E-state index in [2.05, 4.69) is 31.9 Å².